The van der Waals surface area contributed by atoms with Crippen molar-refractivity contribution >= 4 is 6.03 Å². The molecule has 3 nitrogen and oxygen atoms in total. The van der Waals surface area contributed by atoms with Gasteiger partial charge in [-0.05, 0) is 27.7 Å². The smallest absolute Gasteiger partial charge is 0.320 e. The zero-order valence-electron chi connectivity index (χ0n) is 10.9. The maximum atomic E-state index is 12.3. The topological polar surface area (TPSA) is 32.3 Å². The average molecular weight is 294 g/mol. The summed E-state index contributed by atoms with van der Waals surface area (Å²) in [4.78, 5) is 12.5. The third-order valence-electron chi connectivity index (χ3n) is 2.27. The van der Waals surface area contributed by atoms with Gasteiger partial charge in [0.05, 0.1) is 0 Å². The van der Waals surface area contributed by atoms with Crippen LogP contribution in [0.2, 0.25) is 0 Å². The van der Waals surface area contributed by atoms with Crippen molar-refractivity contribution in [1.29, 1.82) is 0 Å². The molecular formula is C10H16F6N2O. The van der Waals surface area contributed by atoms with Gasteiger partial charge in [-0.15, -0.1) is 0 Å². The number of alkyl halides is 6. The number of amides is 2. The zero-order valence-corrected chi connectivity index (χ0v) is 10.9. The number of carbonyl (C=O) groups excluding carboxylic acids is 1. The quantitative estimate of drug-likeness (QED) is 0.796. The van der Waals surface area contributed by atoms with Crippen LogP contribution in [0.15, 0.2) is 0 Å². The summed E-state index contributed by atoms with van der Waals surface area (Å²) in [5.41, 5.74) is 0. The number of hydrogen-bond acceptors (Lipinski definition) is 1. The van der Waals surface area contributed by atoms with Crippen molar-refractivity contribution in [3.63, 3.8) is 0 Å². The molecule has 0 saturated heterocycles. The lowest BCUT2D eigenvalue weighted by atomic mass is 10.2. The van der Waals surface area contributed by atoms with Crippen LogP contribution in [0.25, 0.3) is 0 Å². The van der Waals surface area contributed by atoms with Gasteiger partial charge in [-0.2, -0.15) is 26.3 Å². The summed E-state index contributed by atoms with van der Waals surface area (Å²) in [6.45, 7) is 5.98. The first kappa shape index (κ1) is 17.8. The summed E-state index contributed by atoms with van der Waals surface area (Å²) < 4.78 is 73.7. The highest BCUT2D eigenvalue weighted by Crippen LogP contribution is 2.33. The second kappa shape index (κ2) is 5.87. The fourth-order valence-corrected chi connectivity index (χ4v) is 1.61. The van der Waals surface area contributed by atoms with Crippen molar-refractivity contribution in [3.8, 4) is 0 Å². The van der Waals surface area contributed by atoms with Crippen LogP contribution in [-0.2, 0) is 0 Å². The van der Waals surface area contributed by atoms with Gasteiger partial charge in [-0.25, -0.2) is 4.79 Å². The molecule has 114 valence electrons. The second-order valence-electron chi connectivity index (χ2n) is 4.56. The van der Waals surface area contributed by atoms with Crippen LogP contribution in [0.5, 0.6) is 0 Å². The highest BCUT2D eigenvalue weighted by atomic mass is 19.4. The van der Waals surface area contributed by atoms with Crippen molar-refractivity contribution in [2.45, 2.75) is 58.2 Å². The number of hydrogen-bond donors (Lipinski definition) is 1. The average Bonchev–Trinajstić information content (AvgIpc) is 2.08. The highest BCUT2D eigenvalue weighted by molar-refractivity contribution is 5.75. The minimum Gasteiger partial charge on any atom is -0.320 e. The molecule has 0 fully saturated rings. The summed E-state index contributed by atoms with van der Waals surface area (Å²) >= 11 is 0. The Morgan fingerprint density at radius 3 is 1.42 bits per heavy atom. The van der Waals surface area contributed by atoms with E-state index in [1.165, 1.54) is 27.7 Å². The predicted octanol–water partition coefficient (Wildman–Crippen LogP) is 3.31. The molecule has 0 heterocycles. The van der Waals surface area contributed by atoms with Crippen LogP contribution in [-0.4, -0.2) is 41.4 Å². The number of nitrogens with one attached hydrogen (secondary N) is 1. The third-order valence-corrected chi connectivity index (χ3v) is 2.27. The van der Waals surface area contributed by atoms with Crippen molar-refractivity contribution in [1.82, 2.24) is 10.2 Å². The largest absolute Gasteiger partial charge is 0.417 e. The molecule has 1 N–H and O–H groups in total. The molecule has 0 radical (unpaired) electrons. The molecule has 2 amide bonds. The van der Waals surface area contributed by atoms with Crippen molar-refractivity contribution < 1.29 is 31.1 Å². The fourth-order valence-electron chi connectivity index (χ4n) is 1.61. The van der Waals surface area contributed by atoms with Gasteiger partial charge < -0.3 is 10.2 Å². The highest BCUT2D eigenvalue weighted by Gasteiger charge is 2.58. The van der Waals surface area contributed by atoms with E-state index in [0.717, 1.165) is 10.2 Å². The number of rotatable bonds is 3. The van der Waals surface area contributed by atoms with Crippen LogP contribution in [0.1, 0.15) is 27.7 Å². The number of nitrogens with zero attached hydrogens (tertiary/aromatic N) is 1. The van der Waals surface area contributed by atoms with Crippen LogP contribution < -0.4 is 5.32 Å². The van der Waals surface area contributed by atoms with Crippen molar-refractivity contribution in [3.05, 3.63) is 0 Å². The maximum absolute atomic E-state index is 12.3. The second-order valence-corrected chi connectivity index (χ2v) is 4.56. The summed E-state index contributed by atoms with van der Waals surface area (Å²) in [6.07, 6.45) is -11.2. The maximum Gasteiger partial charge on any atom is 0.417 e. The molecule has 0 unspecified atom stereocenters. The van der Waals surface area contributed by atoms with Gasteiger partial charge >= 0.3 is 18.4 Å². The fraction of sp³-hybridized carbons (Fsp3) is 0.900. The van der Waals surface area contributed by atoms with E-state index in [2.05, 4.69) is 0 Å². The van der Waals surface area contributed by atoms with Crippen LogP contribution in [0, 0.1) is 0 Å². The van der Waals surface area contributed by atoms with Crippen LogP contribution in [0.4, 0.5) is 31.1 Å². The minimum atomic E-state index is -5.59. The van der Waals surface area contributed by atoms with Gasteiger partial charge in [0, 0.05) is 12.1 Å². The lowest BCUT2D eigenvalue weighted by molar-refractivity contribution is -0.255. The van der Waals surface area contributed by atoms with Crippen LogP contribution in [0.3, 0.4) is 0 Å². The first-order chi connectivity index (χ1) is 8.28. The van der Waals surface area contributed by atoms with E-state index in [9.17, 15) is 31.1 Å². The molecule has 0 saturated carbocycles. The zero-order chi connectivity index (χ0) is 15.6. The Hall–Kier alpha value is -1.15. The Labute approximate surface area is 106 Å². The molecule has 0 aliphatic carbocycles. The molecule has 0 aliphatic heterocycles. The number of carbonyl (C=O) groups is 1. The first-order valence-corrected chi connectivity index (χ1v) is 5.50. The van der Waals surface area contributed by atoms with E-state index in [1.807, 2.05) is 0 Å². The molecule has 0 aromatic heterocycles. The van der Waals surface area contributed by atoms with Gasteiger partial charge in [0.15, 0.2) is 0 Å². The van der Waals surface area contributed by atoms with Gasteiger partial charge in [0.2, 0.25) is 6.04 Å². The number of halogens is 6. The Morgan fingerprint density at radius 1 is 0.895 bits per heavy atom. The van der Waals surface area contributed by atoms with Gasteiger partial charge in [0.1, 0.15) is 0 Å². The van der Waals surface area contributed by atoms with E-state index < -0.39 is 36.5 Å². The van der Waals surface area contributed by atoms with Gasteiger partial charge in [0.25, 0.3) is 0 Å². The number of urea groups is 1. The van der Waals surface area contributed by atoms with E-state index in [1.54, 1.807) is 0 Å². The first-order valence-electron chi connectivity index (χ1n) is 5.50. The molecule has 0 spiro atoms. The van der Waals surface area contributed by atoms with Crippen molar-refractivity contribution in [2.75, 3.05) is 0 Å². The summed E-state index contributed by atoms with van der Waals surface area (Å²) in [5.74, 6) is 0. The molecule has 0 aliphatic rings. The Balaban J connectivity index is 5.11. The molecule has 9 heteroatoms. The molecule has 19 heavy (non-hydrogen) atoms. The Kier molecular flexibility index (Phi) is 5.52. The normalized spacial score (nSPS) is 13.3. The summed E-state index contributed by atoms with van der Waals surface area (Å²) in [6, 6.07) is -6.32. The van der Waals surface area contributed by atoms with E-state index >= 15 is 0 Å². The van der Waals surface area contributed by atoms with Gasteiger partial charge in [-0.3, -0.25) is 0 Å². The Bertz CT molecular complexity index is 288. The third kappa shape index (κ3) is 5.15. The molecule has 0 aromatic rings. The van der Waals surface area contributed by atoms with Crippen LogP contribution >= 0.6 is 0 Å². The van der Waals surface area contributed by atoms with Crippen molar-refractivity contribution in [2.24, 2.45) is 0 Å². The summed E-state index contributed by atoms with van der Waals surface area (Å²) in [5, 5.41) is 0.997. The van der Waals surface area contributed by atoms with E-state index in [4.69, 9.17) is 0 Å². The van der Waals surface area contributed by atoms with E-state index in [0.29, 0.717) is 0 Å². The SMILES string of the molecule is CC(C)N(C(=O)NC(C(F)(F)F)C(F)(F)F)C(C)C. The molecule has 0 rings (SSSR count). The van der Waals surface area contributed by atoms with E-state index in [-0.39, 0.29) is 0 Å². The standard InChI is InChI=1S/C10H16F6N2O/c1-5(2)18(6(3)4)8(19)17-7(9(11,12)13)10(14,15)16/h5-7H,1-4H3,(H,17,19). The lowest BCUT2D eigenvalue weighted by Gasteiger charge is -2.33. The molecule has 0 aromatic carbocycles. The summed E-state index contributed by atoms with van der Waals surface area (Å²) in [7, 11) is 0. The monoisotopic (exact) mass is 294 g/mol. The molecule has 0 bridgehead atoms. The van der Waals surface area contributed by atoms with Gasteiger partial charge in [-0.1, -0.05) is 0 Å². The molecular weight excluding hydrogens is 278 g/mol. The Morgan fingerprint density at radius 2 is 1.21 bits per heavy atom. The predicted molar refractivity (Wildman–Crippen MR) is 56.5 cm³/mol. The lowest BCUT2D eigenvalue weighted by Crippen LogP contribution is -2.59. The minimum absolute atomic E-state index is 0.526. The molecule has 0 atom stereocenters.